The summed E-state index contributed by atoms with van der Waals surface area (Å²) in [4.78, 5) is 22.8. The Morgan fingerprint density at radius 2 is 1.88 bits per heavy atom. The SMILES string of the molecule is CC(=O)c1cccc(C#CCCNC(=O)OCc2ccccc2)c1F. The van der Waals surface area contributed by atoms with Crippen LogP contribution in [0.2, 0.25) is 0 Å². The van der Waals surface area contributed by atoms with Gasteiger partial charge < -0.3 is 10.1 Å². The van der Waals surface area contributed by atoms with Crippen molar-refractivity contribution in [1.82, 2.24) is 5.32 Å². The second-order valence-corrected chi connectivity index (χ2v) is 5.26. The third kappa shape index (κ3) is 5.78. The van der Waals surface area contributed by atoms with Gasteiger partial charge in [-0.2, -0.15) is 0 Å². The minimum atomic E-state index is -0.613. The fourth-order valence-electron chi connectivity index (χ4n) is 2.06. The van der Waals surface area contributed by atoms with Crippen LogP contribution in [0.15, 0.2) is 48.5 Å². The summed E-state index contributed by atoms with van der Waals surface area (Å²) in [7, 11) is 0. The van der Waals surface area contributed by atoms with E-state index in [1.54, 1.807) is 6.07 Å². The summed E-state index contributed by atoms with van der Waals surface area (Å²) < 4.78 is 19.1. The lowest BCUT2D eigenvalue weighted by Gasteiger charge is -2.05. The fraction of sp³-hybridized carbons (Fsp3) is 0.200. The second-order valence-electron chi connectivity index (χ2n) is 5.26. The number of halogens is 1. The van der Waals surface area contributed by atoms with Gasteiger partial charge >= 0.3 is 6.09 Å². The number of hydrogen-bond acceptors (Lipinski definition) is 3. The summed E-state index contributed by atoms with van der Waals surface area (Å²) >= 11 is 0. The van der Waals surface area contributed by atoms with Gasteiger partial charge in [-0.15, -0.1) is 0 Å². The minimum absolute atomic E-state index is 0.0226. The topological polar surface area (TPSA) is 55.4 Å². The standard InChI is InChI=1S/C20H18FNO3/c1-15(23)18-12-7-11-17(19(18)21)10-5-6-13-22-20(24)25-14-16-8-3-2-4-9-16/h2-4,7-9,11-12H,6,13-14H2,1H3,(H,22,24). The van der Waals surface area contributed by atoms with E-state index in [0.29, 0.717) is 6.42 Å². The van der Waals surface area contributed by atoms with Gasteiger partial charge in [-0.3, -0.25) is 4.79 Å². The molecule has 0 saturated carbocycles. The summed E-state index contributed by atoms with van der Waals surface area (Å²) in [5.41, 5.74) is 1.09. The van der Waals surface area contributed by atoms with Crippen LogP contribution >= 0.6 is 0 Å². The lowest BCUT2D eigenvalue weighted by atomic mass is 10.1. The zero-order valence-electron chi connectivity index (χ0n) is 13.8. The van der Waals surface area contributed by atoms with Gasteiger partial charge in [-0.25, -0.2) is 9.18 Å². The van der Waals surface area contributed by atoms with E-state index in [1.807, 2.05) is 30.3 Å². The van der Waals surface area contributed by atoms with Gasteiger partial charge in [0.1, 0.15) is 12.4 Å². The van der Waals surface area contributed by atoms with Crippen molar-refractivity contribution in [2.24, 2.45) is 0 Å². The predicted octanol–water partition coefficient (Wildman–Crippen LogP) is 3.70. The molecule has 2 aromatic carbocycles. The molecule has 0 radical (unpaired) electrons. The summed E-state index contributed by atoms with van der Waals surface area (Å²) in [5, 5.41) is 2.57. The molecule has 25 heavy (non-hydrogen) atoms. The quantitative estimate of drug-likeness (QED) is 0.513. The molecule has 0 bridgehead atoms. The number of ether oxygens (including phenoxy) is 1. The molecule has 2 aromatic rings. The van der Waals surface area contributed by atoms with Crippen LogP contribution in [-0.2, 0) is 11.3 Å². The number of amides is 1. The Kier molecular flexibility index (Phi) is 6.73. The van der Waals surface area contributed by atoms with Crippen LogP contribution in [0.25, 0.3) is 0 Å². The Balaban J connectivity index is 1.76. The molecule has 0 heterocycles. The van der Waals surface area contributed by atoms with E-state index in [4.69, 9.17) is 4.74 Å². The maximum Gasteiger partial charge on any atom is 0.407 e. The first-order valence-electron chi connectivity index (χ1n) is 7.81. The van der Waals surface area contributed by atoms with Gasteiger partial charge in [0.25, 0.3) is 0 Å². The van der Waals surface area contributed by atoms with Crippen LogP contribution in [0.5, 0.6) is 0 Å². The molecule has 0 saturated heterocycles. The summed E-state index contributed by atoms with van der Waals surface area (Å²) in [5.74, 6) is 4.48. The van der Waals surface area contributed by atoms with Gasteiger partial charge in [0, 0.05) is 13.0 Å². The number of alkyl carbamates (subject to hydrolysis) is 1. The average molecular weight is 339 g/mol. The van der Waals surface area contributed by atoms with E-state index in [0.717, 1.165) is 5.56 Å². The largest absolute Gasteiger partial charge is 0.445 e. The average Bonchev–Trinajstić information content (AvgIpc) is 2.61. The van der Waals surface area contributed by atoms with Crippen molar-refractivity contribution in [2.45, 2.75) is 20.0 Å². The van der Waals surface area contributed by atoms with Crippen molar-refractivity contribution in [3.63, 3.8) is 0 Å². The number of hydrogen-bond donors (Lipinski definition) is 1. The van der Waals surface area contributed by atoms with E-state index >= 15 is 0 Å². The predicted molar refractivity (Wildman–Crippen MR) is 92.5 cm³/mol. The molecule has 1 amide bonds. The number of rotatable bonds is 5. The Morgan fingerprint density at radius 3 is 2.60 bits per heavy atom. The third-order valence-corrected chi connectivity index (χ3v) is 3.33. The zero-order chi connectivity index (χ0) is 18.1. The van der Waals surface area contributed by atoms with Crippen molar-refractivity contribution in [3.05, 3.63) is 71.0 Å². The van der Waals surface area contributed by atoms with Crippen molar-refractivity contribution in [2.75, 3.05) is 6.54 Å². The molecule has 2 rings (SSSR count). The zero-order valence-corrected chi connectivity index (χ0v) is 13.8. The molecule has 0 spiro atoms. The van der Waals surface area contributed by atoms with Crippen molar-refractivity contribution < 1.29 is 18.7 Å². The van der Waals surface area contributed by atoms with E-state index in [2.05, 4.69) is 17.2 Å². The Hall–Kier alpha value is -3.13. The summed E-state index contributed by atoms with van der Waals surface area (Å²) in [6.07, 6.45) is -0.195. The number of carbonyl (C=O) groups is 2. The van der Waals surface area contributed by atoms with Gasteiger partial charge in [0.05, 0.1) is 11.1 Å². The normalized spacial score (nSPS) is 9.68. The molecule has 0 aliphatic carbocycles. The van der Waals surface area contributed by atoms with Crippen LogP contribution in [0.1, 0.15) is 34.8 Å². The smallest absolute Gasteiger partial charge is 0.407 e. The molecule has 0 aliphatic heterocycles. The van der Waals surface area contributed by atoms with E-state index in [9.17, 15) is 14.0 Å². The number of benzene rings is 2. The molecule has 0 fully saturated rings. The maximum absolute atomic E-state index is 14.0. The van der Waals surface area contributed by atoms with Crippen molar-refractivity contribution >= 4 is 11.9 Å². The molecular formula is C20H18FNO3. The molecule has 0 unspecified atom stereocenters. The first kappa shape index (κ1) is 18.2. The molecule has 4 nitrogen and oxygen atoms in total. The van der Waals surface area contributed by atoms with Gasteiger partial charge in [-0.1, -0.05) is 48.2 Å². The summed E-state index contributed by atoms with van der Waals surface area (Å²) in [6, 6.07) is 13.9. The minimum Gasteiger partial charge on any atom is -0.445 e. The number of carbonyl (C=O) groups excluding carboxylic acids is 2. The molecule has 1 N–H and O–H groups in total. The van der Waals surface area contributed by atoms with Crippen LogP contribution in [0.3, 0.4) is 0 Å². The fourth-order valence-corrected chi connectivity index (χ4v) is 2.06. The van der Waals surface area contributed by atoms with Crippen molar-refractivity contribution in [3.8, 4) is 11.8 Å². The van der Waals surface area contributed by atoms with Crippen LogP contribution < -0.4 is 5.32 Å². The third-order valence-electron chi connectivity index (χ3n) is 3.33. The Labute approximate surface area is 146 Å². The monoisotopic (exact) mass is 339 g/mol. The van der Waals surface area contributed by atoms with Crippen molar-refractivity contribution in [1.29, 1.82) is 0 Å². The van der Waals surface area contributed by atoms with Gasteiger partial charge in [0.2, 0.25) is 0 Å². The highest BCUT2D eigenvalue weighted by molar-refractivity contribution is 5.94. The van der Waals surface area contributed by atoms with Gasteiger partial charge in [-0.05, 0) is 24.6 Å². The molecule has 0 aromatic heterocycles. The molecule has 128 valence electrons. The molecule has 0 atom stereocenters. The van der Waals surface area contributed by atoms with Crippen LogP contribution in [0.4, 0.5) is 9.18 Å². The number of nitrogens with one attached hydrogen (secondary N) is 1. The Bertz CT molecular complexity index is 807. The number of ketones is 1. The summed E-state index contributed by atoms with van der Waals surface area (Å²) in [6.45, 7) is 1.79. The lowest BCUT2D eigenvalue weighted by molar-refractivity contribution is 0.101. The van der Waals surface area contributed by atoms with E-state index < -0.39 is 11.9 Å². The van der Waals surface area contributed by atoms with Gasteiger partial charge in [0.15, 0.2) is 5.78 Å². The highest BCUT2D eigenvalue weighted by Crippen LogP contribution is 2.12. The highest BCUT2D eigenvalue weighted by atomic mass is 19.1. The van der Waals surface area contributed by atoms with Crippen LogP contribution in [0, 0.1) is 17.7 Å². The van der Waals surface area contributed by atoms with Crippen LogP contribution in [-0.4, -0.2) is 18.4 Å². The molecule has 5 heteroatoms. The Morgan fingerprint density at radius 1 is 1.12 bits per heavy atom. The highest BCUT2D eigenvalue weighted by Gasteiger charge is 2.09. The van der Waals surface area contributed by atoms with E-state index in [-0.39, 0.29) is 30.1 Å². The first-order valence-corrected chi connectivity index (χ1v) is 7.81. The second kappa shape index (κ2) is 9.24. The molecule has 0 aliphatic rings. The number of Topliss-reactive ketones (excluding diaryl/α,β-unsaturated/α-hetero) is 1. The van der Waals surface area contributed by atoms with E-state index in [1.165, 1.54) is 19.1 Å². The first-order chi connectivity index (χ1) is 12.1. The lowest BCUT2D eigenvalue weighted by Crippen LogP contribution is -2.24. The maximum atomic E-state index is 14.0. The molecular weight excluding hydrogens is 321 g/mol.